The van der Waals surface area contributed by atoms with Gasteiger partial charge in [-0.1, -0.05) is 36.4 Å². The summed E-state index contributed by atoms with van der Waals surface area (Å²) < 4.78 is 206. The molecular formula is C46H25F15NO+. The molecule has 63 heavy (non-hydrogen) atoms. The van der Waals surface area contributed by atoms with Gasteiger partial charge in [0.1, 0.15) is 5.75 Å². The second-order valence-corrected chi connectivity index (χ2v) is 14.1. The third-order valence-electron chi connectivity index (χ3n) is 10.0. The fourth-order valence-electron chi connectivity index (χ4n) is 6.84. The van der Waals surface area contributed by atoms with E-state index in [4.69, 9.17) is 0 Å². The Bertz CT molecular complexity index is 2610. The molecule has 324 valence electrons. The summed E-state index contributed by atoms with van der Waals surface area (Å²) in [4.78, 5) is 0. The summed E-state index contributed by atoms with van der Waals surface area (Å²) in [5.41, 5.74) is -5.76. The summed E-state index contributed by atoms with van der Waals surface area (Å²) in [5, 5.41) is 11.7. The number of alkyl halides is 15. The Kier molecular flexibility index (Phi) is 11.1. The molecule has 2 nitrogen and oxygen atoms in total. The molecule has 0 aliphatic heterocycles. The Morgan fingerprint density at radius 1 is 0.286 bits per heavy atom. The maximum atomic E-state index is 13.8. The van der Waals surface area contributed by atoms with Crippen LogP contribution in [0.3, 0.4) is 0 Å². The Hall–Kier alpha value is -6.78. The van der Waals surface area contributed by atoms with E-state index in [9.17, 15) is 71.0 Å². The number of benzene rings is 6. The molecule has 1 heterocycles. The van der Waals surface area contributed by atoms with Crippen LogP contribution in [0.25, 0.3) is 61.6 Å². The molecule has 0 fully saturated rings. The molecule has 0 saturated carbocycles. The van der Waals surface area contributed by atoms with E-state index >= 15 is 0 Å². The van der Waals surface area contributed by atoms with Crippen LogP contribution in [-0.4, -0.2) is 5.11 Å². The van der Waals surface area contributed by atoms with Crippen molar-refractivity contribution in [1.82, 2.24) is 0 Å². The summed E-state index contributed by atoms with van der Waals surface area (Å²) in [6.45, 7) is 0. The van der Waals surface area contributed by atoms with Crippen molar-refractivity contribution in [2.45, 2.75) is 30.9 Å². The monoisotopic (exact) mass is 892 g/mol. The first kappa shape index (κ1) is 44.3. The summed E-state index contributed by atoms with van der Waals surface area (Å²) in [6, 6.07) is 22.8. The summed E-state index contributed by atoms with van der Waals surface area (Å²) in [5.74, 6) is -0.632. The number of phenolic OH excluding ortho intramolecular Hbond substituents is 1. The fourth-order valence-corrected chi connectivity index (χ4v) is 6.84. The second kappa shape index (κ2) is 15.8. The van der Waals surface area contributed by atoms with Crippen molar-refractivity contribution in [2.75, 3.05) is 0 Å². The Labute approximate surface area is 346 Å². The minimum absolute atomic E-state index is 0.00478. The van der Waals surface area contributed by atoms with Crippen molar-refractivity contribution in [1.29, 1.82) is 0 Å². The molecule has 1 N–H and O–H groups in total. The Morgan fingerprint density at radius 3 is 0.778 bits per heavy atom. The first-order chi connectivity index (χ1) is 29.3. The predicted octanol–water partition coefficient (Wildman–Crippen LogP) is 15.1. The van der Waals surface area contributed by atoms with Crippen molar-refractivity contribution < 1.29 is 75.5 Å². The SMILES string of the molecule is Oc1c(-c2ccc(C(F)(F)F)cc2)cc(-[n+]2c(-c3ccc(C(F)(F)F)cc3)cc(-c3ccc(C(F)(F)F)cc3)cc2-c2ccc(C(F)(F)F)cc2)cc1-c1ccc(C(F)(F)F)cc1. The third-order valence-corrected chi connectivity index (χ3v) is 10.0. The van der Waals surface area contributed by atoms with Crippen LogP contribution < -0.4 is 4.57 Å². The van der Waals surface area contributed by atoms with E-state index in [1.807, 2.05) is 0 Å². The minimum atomic E-state index is -4.81. The van der Waals surface area contributed by atoms with E-state index in [-0.39, 0.29) is 61.6 Å². The van der Waals surface area contributed by atoms with Crippen LogP contribution in [0.2, 0.25) is 0 Å². The van der Waals surface area contributed by atoms with Crippen molar-refractivity contribution in [3.63, 3.8) is 0 Å². The van der Waals surface area contributed by atoms with Gasteiger partial charge >= 0.3 is 30.9 Å². The zero-order valence-corrected chi connectivity index (χ0v) is 31.4. The van der Waals surface area contributed by atoms with Crippen LogP contribution in [0.5, 0.6) is 5.75 Å². The molecule has 1 aromatic heterocycles. The number of halogens is 15. The standard InChI is InChI=1S/C46H24F15NO/c47-42(48,49)31-11-1-25(2-12-31)30-21-39(28-7-17-34(18-8-28)45(56,57)58)62(40(22-30)29-9-19-35(20-10-29)46(59,60)61)36-23-37(26-3-13-32(14-4-26)43(50,51)52)41(63)38(24-36)27-5-15-33(16-6-27)44(53,54)55/h1-24H/p+1. The molecule has 7 aromatic rings. The van der Waals surface area contributed by atoms with Crippen LogP contribution in [0.15, 0.2) is 146 Å². The minimum Gasteiger partial charge on any atom is -0.507 e. The molecule has 6 aromatic carbocycles. The normalized spacial score (nSPS) is 12.7. The van der Waals surface area contributed by atoms with Gasteiger partial charge in [-0.15, -0.1) is 0 Å². The lowest BCUT2D eigenvalue weighted by atomic mass is 9.93. The Morgan fingerprint density at radius 2 is 0.524 bits per heavy atom. The Balaban J connectivity index is 1.59. The number of phenols is 1. The average molecular weight is 893 g/mol. The topological polar surface area (TPSA) is 24.1 Å². The molecule has 0 spiro atoms. The van der Waals surface area contributed by atoms with Gasteiger partial charge in [-0.25, -0.2) is 0 Å². The van der Waals surface area contributed by atoms with Crippen LogP contribution in [0.1, 0.15) is 27.8 Å². The first-order valence-corrected chi connectivity index (χ1v) is 18.1. The van der Waals surface area contributed by atoms with E-state index in [1.54, 1.807) is 0 Å². The van der Waals surface area contributed by atoms with Crippen LogP contribution in [-0.2, 0) is 30.9 Å². The van der Waals surface area contributed by atoms with Crippen molar-refractivity contribution in [3.05, 3.63) is 173 Å². The maximum Gasteiger partial charge on any atom is 0.416 e. The number of aromatic nitrogens is 1. The smallest absolute Gasteiger partial charge is 0.416 e. The third kappa shape index (κ3) is 9.37. The highest BCUT2D eigenvalue weighted by Crippen LogP contribution is 2.43. The number of pyridine rings is 1. The lowest BCUT2D eigenvalue weighted by Crippen LogP contribution is -2.36. The molecule has 0 aliphatic rings. The number of nitrogens with zero attached hydrogens (tertiary/aromatic N) is 1. The molecule has 0 saturated heterocycles. The number of hydrogen-bond acceptors (Lipinski definition) is 1. The van der Waals surface area contributed by atoms with Crippen LogP contribution in [0, 0.1) is 0 Å². The molecule has 0 radical (unpaired) electrons. The average Bonchev–Trinajstić information content (AvgIpc) is 3.22. The van der Waals surface area contributed by atoms with Gasteiger partial charge in [0.2, 0.25) is 17.1 Å². The van der Waals surface area contributed by atoms with Crippen molar-refractivity contribution in [2.24, 2.45) is 0 Å². The van der Waals surface area contributed by atoms with Gasteiger partial charge in [0.25, 0.3) is 0 Å². The lowest BCUT2D eigenvalue weighted by Gasteiger charge is -2.17. The van der Waals surface area contributed by atoms with E-state index < -0.39 is 64.4 Å². The van der Waals surface area contributed by atoms with Gasteiger partial charge in [0.15, 0.2) is 0 Å². The number of aromatic hydroxyl groups is 1. The first-order valence-electron chi connectivity index (χ1n) is 18.1. The maximum absolute atomic E-state index is 13.8. The molecule has 7 rings (SSSR count). The lowest BCUT2D eigenvalue weighted by molar-refractivity contribution is -0.572. The van der Waals surface area contributed by atoms with Gasteiger partial charge in [-0.2, -0.15) is 70.4 Å². The molecular weight excluding hydrogens is 867 g/mol. The molecule has 0 aliphatic carbocycles. The molecule has 17 heteroatoms. The van der Waals surface area contributed by atoms with E-state index in [0.29, 0.717) is 24.3 Å². The van der Waals surface area contributed by atoms with E-state index in [1.165, 1.54) is 28.8 Å². The number of rotatable bonds is 6. The highest BCUT2D eigenvalue weighted by Gasteiger charge is 2.36. The van der Waals surface area contributed by atoms with Gasteiger partial charge in [-0.3, -0.25) is 0 Å². The summed E-state index contributed by atoms with van der Waals surface area (Å²) in [6.07, 6.45) is -23.9. The van der Waals surface area contributed by atoms with Gasteiger partial charge < -0.3 is 5.11 Å². The van der Waals surface area contributed by atoms with E-state index in [2.05, 4.69) is 0 Å². The zero-order chi connectivity index (χ0) is 45.9. The van der Waals surface area contributed by atoms with Gasteiger partial charge in [0, 0.05) is 46.5 Å². The number of hydrogen-bond donors (Lipinski definition) is 1. The van der Waals surface area contributed by atoms with Crippen molar-refractivity contribution in [3.8, 4) is 67.3 Å². The van der Waals surface area contributed by atoms with Crippen LogP contribution >= 0.6 is 0 Å². The highest BCUT2D eigenvalue weighted by atomic mass is 19.4. The van der Waals surface area contributed by atoms with E-state index in [0.717, 1.165) is 97.1 Å². The largest absolute Gasteiger partial charge is 0.507 e. The molecule has 0 atom stereocenters. The zero-order valence-electron chi connectivity index (χ0n) is 31.4. The highest BCUT2D eigenvalue weighted by molar-refractivity contribution is 5.85. The summed E-state index contributed by atoms with van der Waals surface area (Å²) >= 11 is 0. The molecule has 0 unspecified atom stereocenters. The summed E-state index contributed by atoms with van der Waals surface area (Å²) in [7, 11) is 0. The van der Waals surface area contributed by atoms with Crippen molar-refractivity contribution >= 4 is 0 Å². The quantitative estimate of drug-likeness (QED) is 0.131. The molecule has 0 amide bonds. The fraction of sp³-hybridized carbons (Fsp3) is 0.109. The van der Waals surface area contributed by atoms with Gasteiger partial charge in [0.05, 0.1) is 27.8 Å². The second-order valence-electron chi connectivity index (χ2n) is 14.1. The van der Waals surface area contributed by atoms with Crippen LogP contribution in [0.4, 0.5) is 65.9 Å². The predicted molar refractivity (Wildman–Crippen MR) is 202 cm³/mol. The molecule has 0 bridgehead atoms. The van der Waals surface area contributed by atoms with Gasteiger partial charge in [-0.05, 0) is 107 Å².